The first kappa shape index (κ1) is 48.8. The second-order valence-electron chi connectivity index (χ2n) is 18.8. The van der Waals surface area contributed by atoms with Crippen LogP contribution in [0.2, 0.25) is 12.1 Å². The van der Waals surface area contributed by atoms with Gasteiger partial charge in [0.05, 0.1) is 28.4 Å². The van der Waals surface area contributed by atoms with Crippen LogP contribution in [-0.4, -0.2) is 36.5 Å². The van der Waals surface area contributed by atoms with E-state index in [1.807, 2.05) is 48.5 Å². The monoisotopic (exact) mass is 956 g/mol. The zero-order chi connectivity index (χ0) is 49.2. The van der Waals surface area contributed by atoms with Crippen LogP contribution >= 0.6 is 0 Å². The Morgan fingerprint density at radius 3 is 0.845 bits per heavy atom. The highest BCUT2D eigenvalue weighted by Crippen LogP contribution is 2.42. The number of ether oxygens (including phenoxy) is 4. The molecule has 71 heavy (non-hydrogen) atoms. The van der Waals surface area contributed by atoms with Crippen molar-refractivity contribution in [2.45, 2.75) is 77.3 Å². The second-order valence-corrected chi connectivity index (χ2v) is 23.0. The zero-order valence-electron chi connectivity index (χ0n) is 42.4. The van der Waals surface area contributed by atoms with Gasteiger partial charge in [-0.3, -0.25) is 0 Å². The summed E-state index contributed by atoms with van der Waals surface area (Å²) in [6.45, 7) is 4.65. The predicted molar refractivity (Wildman–Crippen MR) is 301 cm³/mol. The average Bonchev–Trinajstić information content (AvgIpc) is 3.70. The first-order chi connectivity index (χ1) is 34.9. The van der Waals surface area contributed by atoms with Gasteiger partial charge in [-0.1, -0.05) is 126 Å². The molecule has 9 rings (SSSR count). The van der Waals surface area contributed by atoms with Gasteiger partial charge >= 0.3 is 0 Å². The van der Waals surface area contributed by atoms with Gasteiger partial charge in [-0.05, 0) is 177 Å². The van der Waals surface area contributed by atoms with Crippen LogP contribution in [0.25, 0.3) is 33.4 Å². The summed E-state index contributed by atoms with van der Waals surface area (Å²) >= 11 is 0. The Bertz CT molecular complexity index is 2670. The summed E-state index contributed by atoms with van der Waals surface area (Å²) in [4.78, 5) is 4.57. The van der Waals surface area contributed by atoms with Crippen LogP contribution in [0.3, 0.4) is 0 Å². The van der Waals surface area contributed by atoms with Crippen LogP contribution in [-0.2, 0) is 0 Å². The first-order valence-corrected chi connectivity index (χ1v) is 28.0. The minimum Gasteiger partial charge on any atom is -0.497 e. The molecule has 0 aromatic heterocycles. The molecule has 0 fully saturated rings. The lowest BCUT2D eigenvalue weighted by atomic mass is 9.98. The Morgan fingerprint density at radius 1 is 0.310 bits per heavy atom. The zero-order valence-corrected chi connectivity index (χ0v) is 43.4. The summed E-state index contributed by atoms with van der Waals surface area (Å²) in [6.07, 6.45) is 10.1. The third kappa shape index (κ3) is 10.5. The van der Waals surface area contributed by atoms with E-state index in [2.05, 4.69) is 157 Å². The van der Waals surface area contributed by atoms with Crippen molar-refractivity contribution >= 4 is 52.6 Å². The Kier molecular flexibility index (Phi) is 15.6. The van der Waals surface area contributed by atoms with Gasteiger partial charge in [-0.15, -0.1) is 0 Å². The summed E-state index contributed by atoms with van der Waals surface area (Å²) in [5, 5.41) is 3.25. The third-order valence-electron chi connectivity index (χ3n) is 14.5. The topological polar surface area (TPSA) is 43.4 Å². The predicted octanol–water partition coefficient (Wildman–Crippen LogP) is 16.7. The summed E-state index contributed by atoms with van der Waals surface area (Å²) in [5.74, 6) is 3.32. The second kappa shape index (κ2) is 22.7. The molecule has 0 radical (unpaired) electrons. The van der Waals surface area contributed by atoms with Gasteiger partial charge in [0.15, 0.2) is 0 Å². The van der Waals surface area contributed by atoms with Crippen molar-refractivity contribution in [1.29, 1.82) is 0 Å². The van der Waals surface area contributed by atoms with E-state index >= 15 is 0 Å². The summed E-state index contributed by atoms with van der Waals surface area (Å²) in [6, 6.07) is 68.7. The Hall–Kier alpha value is -7.22. The molecule has 7 heteroatoms. The molecular formula is C64H68N2O4Si. The number of nitrogens with zero attached hydrogens (tertiary/aromatic N) is 2. The lowest BCUT2D eigenvalue weighted by Gasteiger charge is -2.31. The Morgan fingerprint density at radius 2 is 0.577 bits per heavy atom. The lowest BCUT2D eigenvalue weighted by molar-refractivity contribution is 0.414. The molecule has 1 aliphatic heterocycles. The van der Waals surface area contributed by atoms with Gasteiger partial charge < -0.3 is 28.7 Å². The highest BCUT2D eigenvalue weighted by molar-refractivity contribution is 7.05. The molecule has 6 nitrogen and oxygen atoms in total. The molecule has 0 N–H and O–H groups in total. The highest BCUT2D eigenvalue weighted by atomic mass is 28.3. The minimum atomic E-state index is -2.23. The lowest BCUT2D eigenvalue weighted by Crippen LogP contribution is -2.55. The molecule has 8 aromatic rings. The molecule has 8 aromatic carbocycles. The van der Waals surface area contributed by atoms with Gasteiger partial charge in [-0.25, -0.2) is 0 Å². The summed E-state index contributed by atoms with van der Waals surface area (Å²) in [5.41, 5.74) is 14.3. The van der Waals surface area contributed by atoms with Gasteiger partial charge in [-0.2, -0.15) is 0 Å². The van der Waals surface area contributed by atoms with E-state index in [0.717, 1.165) is 57.1 Å². The maximum Gasteiger partial charge on any atom is 0.119 e. The molecular weight excluding hydrogens is 889 g/mol. The van der Waals surface area contributed by atoms with Gasteiger partial charge in [0.1, 0.15) is 31.1 Å². The standard InChI is InChI=1S/C64H68N2O4Si/c1-7-9-11-13-43-71(44-14-12-10-8-2)63-45-49(47-15-21-51(22-16-47)65(53-25-33-57(67-3)34-26-53)54-27-35-58(68-4)36-28-54)19-41-61(63)62-42-20-50(46-64(62)71)48-17-23-52(24-18-48)66(55-29-37-59(69-5)38-30-55)56-31-39-60(70-6)40-32-56/h15-42,45-46H,7-14,43-44H2,1-6H3. The van der Waals surface area contributed by atoms with Crippen molar-refractivity contribution in [3.8, 4) is 56.4 Å². The molecule has 0 amide bonds. The van der Waals surface area contributed by atoms with Crippen molar-refractivity contribution in [2.75, 3.05) is 38.2 Å². The van der Waals surface area contributed by atoms with Crippen LogP contribution in [0.15, 0.2) is 182 Å². The fraction of sp³-hybridized carbons (Fsp3) is 0.250. The quantitative estimate of drug-likeness (QED) is 0.0498. The first-order valence-electron chi connectivity index (χ1n) is 25.6. The average molecular weight is 957 g/mol. The van der Waals surface area contributed by atoms with Crippen LogP contribution < -0.4 is 39.1 Å². The molecule has 362 valence electrons. The van der Waals surface area contributed by atoms with Crippen LogP contribution in [0.1, 0.15) is 65.2 Å². The molecule has 1 heterocycles. The van der Waals surface area contributed by atoms with Crippen LogP contribution in [0.4, 0.5) is 34.1 Å². The summed E-state index contributed by atoms with van der Waals surface area (Å²) < 4.78 is 22.1. The molecule has 0 saturated carbocycles. The van der Waals surface area contributed by atoms with Gasteiger partial charge in [0, 0.05) is 34.1 Å². The van der Waals surface area contributed by atoms with E-state index in [4.69, 9.17) is 18.9 Å². The molecule has 0 bridgehead atoms. The van der Waals surface area contributed by atoms with E-state index in [9.17, 15) is 0 Å². The maximum absolute atomic E-state index is 5.52. The van der Waals surface area contributed by atoms with E-state index < -0.39 is 8.07 Å². The van der Waals surface area contributed by atoms with Crippen LogP contribution in [0, 0.1) is 0 Å². The largest absolute Gasteiger partial charge is 0.497 e. The van der Waals surface area contributed by atoms with E-state index in [0.29, 0.717) is 0 Å². The molecule has 0 unspecified atom stereocenters. The number of anilines is 6. The molecule has 0 saturated heterocycles. The van der Waals surface area contributed by atoms with Crippen molar-refractivity contribution in [2.24, 2.45) is 0 Å². The Labute approximate surface area is 423 Å². The fourth-order valence-corrected chi connectivity index (χ4v) is 16.3. The van der Waals surface area contributed by atoms with Gasteiger partial charge in [0.2, 0.25) is 0 Å². The fourth-order valence-electron chi connectivity index (χ4n) is 10.7. The SMILES string of the molecule is CCCCCC[Si]1(CCCCCC)c2cc(-c3ccc(N(c4ccc(OC)cc4)c4ccc(OC)cc4)cc3)ccc2-c2ccc(-c3ccc(N(c4ccc(OC)cc4)c4ccc(OC)cc4)cc3)cc21. The number of hydrogen-bond donors (Lipinski definition) is 0. The van der Waals surface area contributed by atoms with Crippen LogP contribution in [0.5, 0.6) is 23.0 Å². The van der Waals surface area contributed by atoms with Crippen molar-refractivity contribution in [3.63, 3.8) is 0 Å². The minimum absolute atomic E-state index is 0.831. The normalized spacial score (nSPS) is 12.2. The molecule has 0 atom stereocenters. The number of rotatable bonds is 22. The third-order valence-corrected chi connectivity index (χ3v) is 19.8. The number of fused-ring (bicyclic) bond motifs is 3. The maximum atomic E-state index is 5.52. The van der Waals surface area contributed by atoms with Crippen molar-refractivity contribution < 1.29 is 18.9 Å². The van der Waals surface area contributed by atoms with E-state index in [-0.39, 0.29) is 0 Å². The molecule has 0 aliphatic carbocycles. The number of unbranched alkanes of at least 4 members (excludes halogenated alkanes) is 6. The highest BCUT2D eigenvalue weighted by Gasteiger charge is 2.44. The Balaban J connectivity index is 1.08. The van der Waals surface area contributed by atoms with Crippen molar-refractivity contribution in [3.05, 3.63) is 182 Å². The number of hydrogen-bond acceptors (Lipinski definition) is 6. The smallest absolute Gasteiger partial charge is 0.119 e. The number of benzene rings is 8. The summed E-state index contributed by atoms with van der Waals surface area (Å²) in [7, 11) is 4.60. The molecule has 0 spiro atoms. The van der Waals surface area contributed by atoms with E-state index in [1.165, 1.54) is 96.8 Å². The van der Waals surface area contributed by atoms with Gasteiger partial charge in [0.25, 0.3) is 0 Å². The number of methoxy groups -OCH3 is 4. The van der Waals surface area contributed by atoms with E-state index in [1.54, 1.807) is 38.8 Å². The van der Waals surface area contributed by atoms with Crippen molar-refractivity contribution in [1.82, 2.24) is 0 Å². The molecule has 1 aliphatic rings.